The van der Waals surface area contributed by atoms with Gasteiger partial charge < -0.3 is 73.6 Å². The molecule has 2 saturated heterocycles. The summed E-state index contributed by atoms with van der Waals surface area (Å²) < 4.78 is 0. The molecule has 0 aromatic heterocycles. The van der Waals surface area contributed by atoms with Crippen LogP contribution in [0.2, 0.25) is 0 Å². The molecule has 0 bridgehead atoms. The SMILES string of the molecule is CC(C)C[C@H](NC(=O)[C@H](CCCCN)NC(=O)CNC(=O)[C@H](CO)NC(=O)[C@@H]1CCCN1C(=O)[C@H](CO)NC(=O)[C@H](CO)NC(=O)[C@@H]1CCCN1C(=O)CN)C(=O)O. The highest BCUT2D eigenvalue weighted by atomic mass is 16.4. The highest BCUT2D eigenvalue weighted by Crippen LogP contribution is 2.20. The molecule has 0 aromatic rings. The summed E-state index contributed by atoms with van der Waals surface area (Å²) in [5, 5.41) is 53.4. The van der Waals surface area contributed by atoms with Crippen molar-refractivity contribution in [3.05, 3.63) is 0 Å². The molecular weight excluding hydrogens is 768 g/mol. The zero-order valence-electron chi connectivity index (χ0n) is 32.9. The second-order valence-corrected chi connectivity index (χ2v) is 14.5. The number of nitrogens with one attached hydrogen (secondary N) is 6. The summed E-state index contributed by atoms with van der Waals surface area (Å²) in [5.41, 5.74) is 11.0. The lowest BCUT2D eigenvalue weighted by Crippen LogP contribution is -2.60. The first-order valence-electron chi connectivity index (χ1n) is 19.4. The van der Waals surface area contributed by atoms with Crippen molar-refractivity contribution in [1.82, 2.24) is 41.7 Å². The van der Waals surface area contributed by atoms with Gasteiger partial charge in [-0.3, -0.25) is 38.4 Å². The van der Waals surface area contributed by atoms with Crippen LogP contribution in [0.3, 0.4) is 0 Å². The summed E-state index contributed by atoms with van der Waals surface area (Å²) in [7, 11) is 0. The average Bonchev–Trinajstić information content (AvgIpc) is 3.90. The summed E-state index contributed by atoms with van der Waals surface area (Å²) in [5.74, 6) is -7.83. The molecule has 0 radical (unpaired) electrons. The third-order valence-corrected chi connectivity index (χ3v) is 9.66. The highest BCUT2D eigenvalue weighted by molar-refractivity contribution is 5.97. The summed E-state index contributed by atoms with van der Waals surface area (Å²) in [6.07, 6.45) is 2.45. The standard InChI is InChI=1S/C35H60N10O13/c1-19(2)13-21(35(57)58)40-30(52)20(7-3-4-10-36)39-27(49)15-38-29(51)22(16-46)41-33(55)26-9-6-12-45(26)34(56)24(18-48)43-31(53)23(17-47)42-32(54)25-8-5-11-44(25)28(50)14-37/h19-26,46-48H,3-18,36-37H2,1-2H3,(H,38,51)(H,39,49)(H,40,52)(H,41,55)(H,42,54)(H,43,53)(H,57,58)/t20-,21-,22-,23-,24-,25-,26-/m0/s1. The summed E-state index contributed by atoms with van der Waals surface area (Å²) >= 11 is 0. The van der Waals surface area contributed by atoms with Gasteiger partial charge in [0.05, 0.1) is 32.9 Å². The second kappa shape index (κ2) is 24.7. The third kappa shape index (κ3) is 14.8. The van der Waals surface area contributed by atoms with Gasteiger partial charge in [0.2, 0.25) is 47.3 Å². The number of nitrogens with zero attached hydrogens (tertiary/aromatic N) is 2. The Morgan fingerprint density at radius 3 is 1.69 bits per heavy atom. The molecular formula is C35H60N10O13. The number of aliphatic hydroxyl groups excluding tert-OH is 3. The number of likely N-dealkylation sites (tertiary alicyclic amines) is 2. The van der Waals surface area contributed by atoms with Crippen molar-refractivity contribution in [1.29, 1.82) is 0 Å². The Morgan fingerprint density at radius 1 is 0.655 bits per heavy atom. The molecule has 0 aromatic carbocycles. The van der Waals surface area contributed by atoms with Gasteiger partial charge in [-0.15, -0.1) is 0 Å². The van der Waals surface area contributed by atoms with Crippen molar-refractivity contribution < 1.29 is 63.6 Å². The van der Waals surface area contributed by atoms with E-state index in [1.165, 1.54) is 4.90 Å². The van der Waals surface area contributed by atoms with Crippen molar-refractivity contribution in [2.75, 3.05) is 52.5 Å². The number of aliphatic carboxylic acids is 1. The Morgan fingerprint density at radius 2 is 1.17 bits per heavy atom. The number of carboxylic acids is 1. The van der Waals surface area contributed by atoms with Crippen molar-refractivity contribution in [2.24, 2.45) is 17.4 Å². The van der Waals surface area contributed by atoms with Crippen LogP contribution in [-0.4, -0.2) is 178 Å². The Balaban J connectivity index is 2.01. The molecule has 2 aliphatic heterocycles. The maximum Gasteiger partial charge on any atom is 0.326 e. The molecule has 23 nitrogen and oxygen atoms in total. The molecule has 8 amide bonds. The number of carboxylic acid groups (broad SMARTS) is 1. The van der Waals surface area contributed by atoms with E-state index in [0.29, 0.717) is 38.6 Å². The van der Waals surface area contributed by atoms with Crippen LogP contribution in [0.1, 0.15) is 65.2 Å². The van der Waals surface area contributed by atoms with E-state index in [1.807, 2.05) is 0 Å². The fourth-order valence-electron chi connectivity index (χ4n) is 6.60. The topological polar surface area (TPSA) is 365 Å². The number of carbonyl (C=O) groups excluding carboxylic acids is 8. The molecule has 14 N–H and O–H groups in total. The lowest BCUT2D eigenvalue weighted by Gasteiger charge is -2.30. The minimum atomic E-state index is -1.62. The fraction of sp³-hybridized carbons (Fsp3) is 0.743. The van der Waals surface area contributed by atoms with E-state index in [9.17, 15) is 63.6 Å². The zero-order valence-corrected chi connectivity index (χ0v) is 32.9. The first kappa shape index (κ1) is 49.2. The van der Waals surface area contributed by atoms with E-state index in [-0.39, 0.29) is 44.8 Å². The molecule has 0 spiro atoms. The van der Waals surface area contributed by atoms with Crippen molar-refractivity contribution >= 4 is 53.2 Å². The van der Waals surface area contributed by atoms with Gasteiger partial charge in [0, 0.05) is 13.1 Å². The quantitative estimate of drug-likeness (QED) is 0.0403. The molecule has 58 heavy (non-hydrogen) atoms. The van der Waals surface area contributed by atoms with Crippen molar-refractivity contribution in [2.45, 2.75) is 108 Å². The van der Waals surface area contributed by atoms with Crippen LogP contribution in [0.15, 0.2) is 0 Å². The number of amides is 8. The van der Waals surface area contributed by atoms with Gasteiger partial charge in [-0.25, -0.2) is 4.79 Å². The van der Waals surface area contributed by atoms with E-state index in [2.05, 4.69) is 31.9 Å². The van der Waals surface area contributed by atoms with Crippen LogP contribution in [0.25, 0.3) is 0 Å². The van der Waals surface area contributed by atoms with Crippen LogP contribution >= 0.6 is 0 Å². The summed E-state index contributed by atoms with van der Waals surface area (Å²) in [4.78, 5) is 118. The number of nitrogens with two attached hydrogens (primary N) is 2. The van der Waals surface area contributed by atoms with Crippen LogP contribution in [0.4, 0.5) is 0 Å². The molecule has 328 valence electrons. The van der Waals surface area contributed by atoms with Crippen LogP contribution in [0.5, 0.6) is 0 Å². The van der Waals surface area contributed by atoms with Gasteiger partial charge in [0.25, 0.3) is 0 Å². The third-order valence-electron chi connectivity index (χ3n) is 9.66. The summed E-state index contributed by atoms with van der Waals surface area (Å²) in [6.45, 7) is 0.431. The molecule has 2 heterocycles. The molecule has 7 atom stereocenters. The second-order valence-electron chi connectivity index (χ2n) is 14.5. The predicted octanol–water partition coefficient (Wildman–Crippen LogP) is -6.30. The molecule has 2 aliphatic rings. The summed E-state index contributed by atoms with van der Waals surface area (Å²) in [6, 6.07) is -9.24. The minimum Gasteiger partial charge on any atom is -0.480 e. The molecule has 2 fully saturated rings. The van der Waals surface area contributed by atoms with Crippen LogP contribution in [-0.2, 0) is 43.2 Å². The maximum atomic E-state index is 13.5. The Kier molecular flexibility index (Phi) is 21.0. The minimum absolute atomic E-state index is 0.0109. The van der Waals surface area contributed by atoms with E-state index < -0.39 is 122 Å². The first-order valence-corrected chi connectivity index (χ1v) is 19.4. The van der Waals surface area contributed by atoms with Crippen molar-refractivity contribution in [3.8, 4) is 0 Å². The van der Waals surface area contributed by atoms with Crippen molar-refractivity contribution in [3.63, 3.8) is 0 Å². The van der Waals surface area contributed by atoms with Gasteiger partial charge >= 0.3 is 5.97 Å². The molecule has 23 heteroatoms. The Bertz CT molecular complexity index is 1470. The molecule has 0 aliphatic carbocycles. The molecule has 0 unspecified atom stereocenters. The van der Waals surface area contributed by atoms with E-state index in [4.69, 9.17) is 11.5 Å². The lowest BCUT2D eigenvalue weighted by molar-refractivity contribution is -0.144. The van der Waals surface area contributed by atoms with Gasteiger partial charge in [-0.2, -0.15) is 0 Å². The fourth-order valence-corrected chi connectivity index (χ4v) is 6.60. The van der Waals surface area contributed by atoms with E-state index in [0.717, 1.165) is 4.90 Å². The van der Waals surface area contributed by atoms with Crippen LogP contribution in [0, 0.1) is 5.92 Å². The predicted molar refractivity (Wildman–Crippen MR) is 202 cm³/mol. The van der Waals surface area contributed by atoms with Gasteiger partial charge in [0.1, 0.15) is 42.3 Å². The normalized spacial score (nSPS) is 19.0. The zero-order chi connectivity index (χ0) is 43.5. The van der Waals surface area contributed by atoms with E-state index >= 15 is 0 Å². The van der Waals surface area contributed by atoms with Crippen LogP contribution < -0.4 is 43.4 Å². The number of hydrogen-bond donors (Lipinski definition) is 12. The van der Waals surface area contributed by atoms with Gasteiger partial charge in [-0.05, 0) is 63.8 Å². The Labute approximate surface area is 335 Å². The largest absolute Gasteiger partial charge is 0.480 e. The average molecular weight is 829 g/mol. The van der Waals surface area contributed by atoms with Gasteiger partial charge in [0.15, 0.2) is 0 Å². The first-order chi connectivity index (χ1) is 27.5. The number of aliphatic hydroxyl groups is 3. The smallest absolute Gasteiger partial charge is 0.326 e. The Hall–Kier alpha value is -4.97. The molecule has 0 saturated carbocycles. The monoisotopic (exact) mass is 828 g/mol. The number of hydrogen-bond acceptors (Lipinski definition) is 14. The lowest BCUT2D eigenvalue weighted by atomic mass is 10.0. The number of unbranched alkanes of at least 4 members (excludes halogenated alkanes) is 1. The van der Waals surface area contributed by atoms with E-state index in [1.54, 1.807) is 13.8 Å². The molecule has 2 rings (SSSR count). The highest BCUT2D eigenvalue weighted by Gasteiger charge is 2.40. The number of rotatable bonds is 24. The maximum absolute atomic E-state index is 13.5. The van der Waals surface area contributed by atoms with Gasteiger partial charge in [-0.1, -0.05) is 13.8 Å². The number of carbonyl (C=O) groups is 9.